The van der Waals surface area contributed by atoms with E-state index in [0.717, 1.165) is 6.42 Å². The summed E-state index contributed by atoms with van der Waals surface area (Å²) in [7, 11) is -3.35. The molecule has 1 aromatic rings. The summed E-state index contributed by atoms with van der Waals surface area (Å²) >= 11 is 0. The highest BCUT2D eigenvalue weighted by Gasteiger charge is 2.31. The van der Waals surface area contributed by atoms with Crippen LogP contribution >= 0.6 is 0 Å². The predicted octanol–water partition coefficient (Wildman–Crippen LogP) is 1.07. The molecule has 0 aliphatic heterocycles. The van der Waals surface area contributed by atoms with Crippen LogP contribution in [-0.2, 0) is 10.0 Å². The highest BCUT2D eigenvalue weighted by Crippen LogP contribution is 2.27. The fourth-order valence-electron chi connectivity index (χ4n) is 1.51. The maximum Gasteiger partial charge on any atom is 0.354 e. The first-order valence-electron chi connectivity index (χ1n) is 5.20. The molecule has 0 radical (unpaired) electrons. The number of sulfonamides is 1. The first kappa shape index (κ1) is 11.8. The molecule has 0 unspecified atom stereocenters. The Labute approximate surface area is 98.7 Å². The van der Waals surface area contributed by atoms with E-state index < -0.39 is 16.0 Å². The van der Waals surface area contributed by atoms with Gasteiger partial charge in [-0.05, 0) is 25.0 Å². The summed E-state index contributed by atoms with van der Waals surface area (Å²) in [5.74, 6) is -1.14. The van der Waals surface area contributed by atoms with Crippen molar-refractivity contribution in [1.82, 2.24) is 4.98 Å². The number of pyridine rings is 1. The molecule has 0 atom stereocenters. The lowest BCUT2D eigenvalue weighted by Gasteiger charge is -2.25. The molecule has 2 N–H and O–H groups in total. The van der Waals surface area contributed by atoms with E-state index in [1.54, 1.807) is 0 Å². The van der Waals surface area contributed by atoms with Crippen LogP contribution in [0.25, 0.3) is 0 Å². The van der Waals surface area contributed by atoms with Crippen LogP contribution in [0.15, 0.2) is 18.3 Å². The molecule has 0 bridgehead atoms. The van der Waals surface area contributed by atoms with Crippen LogP contribution in [0.3, 0.4) is 0 Å². The van der Waals surface area contributed by atoms with Crippen molar-refractivity contribution >= 4 is 21.7 Å². The molecule has 0 spiro atoms. The average molecular weight is 256 g/mol. The Morgan fingerprint density at radius 1 is 1.41 bits per heavy atom. The number of aromatic nitrogens is 1. The predicted molar refractivity (Wildman–Crippen MR) is 61.4 cm³/mol. The summed E-state index contributed by atoms with van der Waals surface area (Å²) in [6.07, 6.45) is 3.49. The van der Waals surface area contributed by atoms with Crippen molar-refractivity contribution in [2.24, 2.45) is 0 Å². The van der Waals surface area contributed by atoms with E-state index >= 15 is 0 Å². The molecular weight excluding hydrogens is 244 g/mol. The Bertz CT molecular complexity index is 520. The summed E-state index contributed by atoms with van der Waals surface area (Å²) in [5.41, 5.74) is 0.179. The van der Waals surface area contributed by atoms with Gasteiger partial charge in [-0.1, -0.05) is 6.42 Å². The molecule has 1 saturated carbocycles. The van der Waals surface area contributed by atoms with Gasteiger partial charge in [-0.15, -0.1) is 0 Å². The molecule has 1 aliphatic carbocycles. The van der Waals surface area contributed by atoms with Crippen molar-refractivity contribution in [3.8, 4) is 0 Å². The minimum atomic E-state index is -3.35. The number of carbonyl (C=O) groups is 1. The van der Waals surface area contributed by atoms with Crippen LogP contribution < -0.4 is 4.72 Å². The standard InChI is InChI=1S/C10H12N2O4S/c13-10(14)9-5-4-7(6-11-9)12-17(15,16)8-2-1-3-8/h4-6,8,12H,1-3H2,(H,13,14). The molecule has 17 heavy (non-hydrogen) atoms. The third-order valence-corrected chi connectivity index (χ3v) is 4.60. The number of hydrogen-bond acceptors (Lipinski definition) is 4. The number of carboxylic acid groups (broad SMARTS) is 1. The Morgan fingerprint density at radius 3 is 2.53 bits per heavy atom. The monoisotopic (exact) mass is 256 g/mol. The van der Waals surface area contributed by atoms with Gasteiger partial charge in [0.15, 0.2) is 0 Å². The number of anilines is 1. The Balaban J connectivity index is 2.11. The maximum atomic E-state index is 11.7. The molecule has 2 rings (SSSR count). The van der Waals surface area contributed by atoms with E-state index in [2.05, 4.69) is 9.71 Å². The van der Waals surface area contributed by atoms with Gasteiger partial charge in [0.2, 0.25) is 10.0 Å². The molecule has 6 nitrogen and oxygen atoms in total. The number of aromatic carboxylic acids is 1. The third kappa shape index (κ3) is 2.55. The van der Waals surface area contributed by atoms with Gasteiger partial charge < -0.3 is 5.11 Å². The summed E-state index contributed by atoms with van der Waals surface area (Å²) < 4.78 is 25.9. The minimum Gasteiger partial charge on any atom is -0.477 e. The van der Waals surface area contributed by atoms with Crippen LogP contribution in [0.2, 0.25) is 0 Å². The van der Waals surface area contributed by atoms with E-state index in [0.29, 0.717) is 18.5 Å². The fraction of sp³-hybridized carbons (Fsp3) is 0.400. The third-order valence-electron chi connectivity index (χ3n) is 2.73. The minimum absolute atomic E-state index is 0.114. The summed E-state index contributed by atoms with van der Waals surface area (Å²) in [6.45, 7) is 0. The zero-order valence-corrected chi connectivity index (χ0v) is 9.77. The van der Waals surface area contributed by atoms with Crippen molar-refractivity contribution in [1.29, 1.82) is 0 Å². The fourth-order valence-corrected chi connectivity index (χ4v) is 3.08. The largest absolute Gasteiger partial charge is 0.477 e. The quantitative estimate of drug-likeness (QED) is 0.840. The molecule has 0 saturated heterocycles. The lowest BCUT2D eigenvalue weighted by atomic mass is 10.0. The molecule has 0 amide bonds. The van der Waals surface area contributed by atoms with Crippen LogP contribution in [0, 0.1) is 0 Å². The lowest BCUT2D eigenvalue weighted by Crippen LogP contribution is -2.33. The Kier molecular flexibility index (Phi) is 3.01. The zero-order chi connectivity index (χ0) is 12.5. The van der Waals surface area contributed by atoms with Crippen LogP contribution in [0.5, 0.6) is 0 Å². The van der Waals surface area contributed by atoms with Gasteiger partial charge in [0.1, 0.15) is 5.69 Å². The number of nitrogens with zero attached hydrogens (tertiary/aromatic N) is 1. The Hall–Kier alpha value is -1.63. The zero-order valence-electron chi connectivity index (χ0n) is 8.96. The lowest BCUT2D eigenvalue weighted by molar-refractivity contribution is 0.0690. The SMILES string of the molecule is O=C(O)c1ccc(NS(=O)(=O)C2CCC2)cn1. The van der Waals surface area contributed by atoms with Crippen molar-refractivity contribution < 1.29 is 18.3 Å². The van der Waals surface area contributed by atoms with Gasteiger partial charge >= 0.3 is 5.97 Å². The number of hydrogen-bond donors (Lipinski definition) is 2. The van der Waals surface area contributed by atoms with E-state index in [1.165, 1.54) is 18.3 Å². The topological polar surface area (TPSA) is 96.4 Å². The second-order valence-corrected chi connectivity index (χ2v) is 5.90. The highest BCUT2D eigenvalue weighted by atomic mass is 32.2. The summed E-state index contributed by atoms with van der Waals surface area (Å²) in [5, 5.41) is 8.31. The number of rotatable bonds is 4. The van der Waals surface area contributed by atoms with Crippen molar-refractivity contribution in [2.45, 2.75) is 24.5 Å². The van der Waals surface area contributed by atoms with Gasteiger partial charge in [0.25, 0.3) is 0 Å². The molecule has 0 aromatic carbocycles. The molecule has 1 fully saturated rings. The van der Waals surface area contributed by atoms with E-state index in [4.69, 9.17) is 5.11 Å². The van der Waals surface area contributed by atoms with Crippen molar-refractivity contribution in [3.05, 3.63) is 24.0 Å². The second-order valence-electron chi connectivity index (χ2n) is 3.94. The summed E-state index contributed by atoms with van der Waals surface area (Å²) in [4.78, 5) is 14.2. The maximum absolute atomic E-state index is 11.7. The smallest absolute Gasteiger partial charge is 0.354 e. The van der Waals surface area contributed by atoms with Gasteiger partial charge in [0.05, 0.1) is 17.1 Å². The molecule has 1 aliphatic rings. The van der Waals surface area contributed by atoms with Gasteiger partial charge in [-0.3, -0.25) is 4.72 Å². The highest BCUT2D eigenvalue weighted by molar-refractivity contribution is 7.93. The van der Waals surface area contributed by atoms with Crippen molar-refractivity contribution in [3.63, 3.8) is 0 Å². The number of carboxylic acids is 1. The Morgan fingerprint density at radius 2 is 2.12 bits per heavy atom. The molecule has 92 valence electrons. The number of nitrogens with one attached hydrogen (secondary N) is 1. The first-order valence-corrected chi connectivity index (χ1v) is 6.74. The second kappa shape index (κ2) is 4.33. The normalized spacial score (nSPS) is 16.2. The van der Waals surface area contributed by atoms with Gasteiger partial charge in [-0.25, -0.2) is 18.2 Å². The molecule has 7 heteroatoms. The van der Waals surface area contributed by atoms with Crippen LogP contribution in [0.1, 0.15) is 29.8 Å². The van der Waals surface area contributed by atoms with Crippen molar-refractivity contribution in [2.75, 3.05) is 4.72 Å². The van der Waals surface area contributed by atoms with Gasteiger partial charge in [0, 0.05) is 0 Å². The van der Waals surface area contributed by atoms with E-state index in [1.807, 2.05) is 0 Å². The molecule has 1 aromatic heterocycles. The van der Waals surface area contributed by atoms with Crippen LogP contribution in [-0.4, -0.2) is 29.7 Å². The van der Waals surface area contributed by atoms with E-state index in [9.17, 15) is 13.2 Å². The van der Waals surface area contributed by atoms with E-state index in [-0.39, 0.29) is 10.9 Å². The molecular formula is C10H12N2O4S. The van der Waals surface area contributed by atoms with Gasteiger partial charge in [-0.2, -0.15) is 0 Å². The molecule has 1 heterocycles. The average Bonchev–Trinajstić information content (AvgIpc) is 2.13. The first-order chi connectivity index (χ1) is 7.99. The summed E-state index contributed by atoms with van der Waals surface area (Å²) in [6, 6.07) is 2.66. The van der Waals surface area contributed by atoms with Crippen LogP contribution in [0.4, 0.5) is 5.69 Å².